The van der Waals surface area contributed by atoms with Crippen molar-refractivity contribution in [1.82, 2.24) is 10.9 Å². The van der Waals surface area contributed by atoms with Gasteiger partial charge < -0.3 is 14.2 Å². The number of halogens is 1. The standard InChI is InChI=1S/C15H17BrN2O6/c16-10-3-5-11(6-4-10)23-8-13(19)17-18-14(20)9-24-15(21)12-2-1-7-22-12/h3-6,12H,1-2,7-9H2,(H,17,19)(H,18,20)/t12-/m1/s1. The normalized spacial score (nSPS) is 16.3. The first-order chi connectivity index (χ1) is 11.5. The first-order valence-electron chi connectivity index (χ1n) is 7.29. The first-order valence-corrected chi connectivity index (χ1v) is 8.08. The van der Waals surface area contributed by atoms with Crippen molar-refractivity contribution in [2.45, 2.75) is 18.9 Å². The van der Waals surface area contributed by atoms with E-state index in [0.29, 0.717) is 18.8 Å². The Balaban J connectivity index is 1.59. The molecule has 2 rings (SSSR count). The average molecular weight is 401 g/mol. The van der Waals surface area contributed by atoms with Crippen molar-refractivity contribution >= 4 is 33.7 Å². The van der Waals surface area contributed by atoms with Crippen LogP contribution in [0, 0.1) is 0 Å². The van der Waals surface area contributed by atoms with Crippen LogP contribution >= 0.6 is 15.9 Å². The topological polar surface area (TPSA) is 103 Å². The van der Waals surface area contributed by atoms with Gasteiger partial charge in [-0.25, -0.2) is 4.79 Å². The van der Waals surface area contributed by atoms with Gasteiger partial charge in [0.1, 0.15) is 5.75 Å². The molecule has 1 aromatic carbocycles. The highest BCUT2D eigenvalue weighted by atomic mass is 79.9. The van der Waals surface area contributed by atoms with Gasteiger partial charge in [0.25, 0.3) is 11.8 Å². The molecule has 2 amide bonds. The van der Waals surface area contributed by atoms with Gasteiger partial charge in [-0.15, -0.1) is 0 Å². The predicted octanol–water partition coefficient (Wildman–Crippen LogP) is 0.697. The Hall–Kier alpha value is -2.13. The number of benzene rings is 1. The van der Waals surface area contributed by atoms with E-state index in [1.54, 1.807) is 24.3 Å². The lowest BCUT2D eigenvalue weighted by molar-refractivity contribution is -0.157. The zero-order valence-corrected chi connectivity index (χ0v) is 14.3. The zero-order chi connectivity index (χ0) is 17.4. The third-order valence-corrected chi connectivity index (χ3v) is 3.59. The Bertz CT molecular complexity index is 586. The van der Waals surface area contributed by atoms with E-state index in [4.69, 9.17) is 14.2 Å². The summed E-state index contributed by atoms with van der Waals surface area (Å²) >= 11 is 3.29. The number of carbonyl (C=O) groups is 3. The molecule has 0 unspecified atom stereocenters. The minimum absolute atomic E-state index is 0.266. The van der Waals surface area contributed by atoms with Crippen LogP contribution < -0.4 is 15.6 Å². The number of ether oxygens (including phenoxy) is 3. The molecular weight excluding hydrogens is 384 g/mol. The lowest BCUT2D eigenvalue weighted by Gasteiger charge is -2.11. The molecule has 1 aromatic rings. The van der Waals surface area contributed by atoms with Crippen LogP contribution in [0.4, 0.5) is 0 Å². The van der Waals surface area contributed by atoms with E-state index in [1.807, 2.05) is 0 Å². The molecule has 24 heavy (non-hydrogen) atoms. The maximum Gasteiger partial charge on any atom is 0.335 e. The molecule has 1 aliphatic rings. The monoisotopic (exact) mass is 400 g/mol. The second kappa shape index (κ2) is 9.24. The van der Waals surface area contributed by atoms with Gasteiger partial charge in [-0.05, 0) is 37.1 Å². The van der Waals surface area contributed by atoms with E-state index in [1.165, 1.54) is 0 Å². The maximum atomic E-state index is 11.5. The number of hydrogen-bond acceptors (Lipinski definition) is 6. The van der Waals surface area contributed by atoms with Crippen LogP contribution in [0.3, 0.4) is 0 Å². The van der Waals surface area contributed by atoms with Crippen LogP contribution in [0.25, 0.3) is 0 Å². The van der Waals surface area contributed by atoms with Crippen molar-refractivity contribution in [3.63, 3.8) is 0 Å². The summed E-state index contributed by atoms with van der Waals surface area (Å²) in [6, 6.07) is 6.94. The fourth-order valence-corrected chi connectivity index (χ4v) is 2.15. The zero-order valence-electron chi connectivity index (χ0n) is 12.7. The fraction of sp³-hybridized carbons (Fsp3) is 0.400. The number of hydrazine groups is 1. The first kappa shape index (κ1) is 18.2. The third kappa shape index (κ3) is 6.17. The summed E-state index contributed by atoms with van der Waals surface area (Å²) in [5.41, 5.74) is 4.29. The maximum absolute atomic E-state index is 11.5. The molecule has 0 aromatic heterocycles. The van der Waals surface area contributed by atoms with E-state index in [0.717, 1.165) is 10.9 Å². The molecule has 1 aliphatic heterocycles. The summed E-state index contributed by atoms with van der Waals surface area (Å²) in [6.07, 6.45) is 0.775. The van der Waals surface area contributed by atoms with Crippen molar-refractivity contribution in [2.75, 3.05) is 19.8 Å². The van der Waals surface area contributed by atoms with Crippen molar-refractivity contribution in [3.8, 4) is 5.75 Å². The van der Waals surface area contributed by atoms with Crippen LogP contribution in [-0.4, -0.2) is 43.7 Å². The van der Waals surface area contributed by atoms with Crippen molar-refractivity contribution < 1.29 is 28.6 Å². The van der Waals surface area contributed by atoms with Crippen molar-refractivity contribution in [2.24, 2.45) is 0 Å². The van der Waals surface area contributed by atoms with E-state index in [-0.39, 0.29) is 6.61 Å². The summed E-state index contributed by atoms with van der Waals surface area (Å²) in [5, 5.41) is 0. The highest BCUT2D eigenvalue weighted by Crippen LogP contribution is 2.15. The minimum Gasteiger partial charge on any atom is -0.484 e. The van der Waals surface area contributed by atoms with Gasteiger partial charge in [-0.2, -0.15) is 0 Å². The summed E-state index contributed by atoms with van der Waals surface area (Å²) in [4.78, 5) is 34.6. The summed E-state index contributed by atoms with van der Waals surface area (Å²) in [5.74, 6) is -1.26. The molecule has 0 aliphatic carbocycles. The lowest BCUT2D eigenvalue weighted by Crippen LogP contribution is -2.45. The van der Waals surface area contributed by atoms with Crippen molar-refractivity contribution in [1.29, 1.82) is 0 Å². The number of carbonyl (C=O) groups excluding carboxylic acids is 3. The fourth-order valence-electron chi connectivity index (χ4n) is 1.88. The largest absolute Gasteiger partial charge is 0.484 e. The smallest absolute Gasteiger partial charge is 0.335 e. The Morgan fingerprint density at radius 2 is 1.79 bits per heavy atom. The number of hydrogen-bond donors (Lipinski definition) is 2. The Labute approximate surface area is 146 Å². The highest BCUT2D eigenvalue weighted by molar-refractivity contribution is 9.10. The van der Waals surface area contributed by atoms with Gasteiger partial charge in [0.15, 0.2) is 19.3 Å². The second-order valence-electron chi connectivity index (χ2n) is 4.95. The molecule has 9 heteroatoms. The van der Waals surface area contributed by atoms with Gasteiger partial charge in [-0.1, -0.05) is 15.9 Å². The van der Waals surface area contributed by atoms with E-state index < -0.39 is 30.5 Å². The van der Waals surface area contributed by atoms with Gasteiger partial charge in [0.05, 0.1) is 0 Å². The SMILES string of the molecule is O=C(COC(=O)[C@H]1CCCO1)NNC(=O)COc1ccc(Br)cc1. The van der Waals surface area contributed by atoms with Crippen LogP contribution in [0.5, 0.6) is 5.75 Å². The number of rotatable bonds is 6. The van der Waals surface area contributed by atoms with E-state index in [2.05, 4.69) is 26.8 Å². The molecule has 1 saturated heterocycles. The van der Waals surface area contributed by atoms with E-state index in [9.17, 15) is 14.4 Å². The van der Waals surface area contributed by atoms with Gasteiger partial charge >= 0.3 is 5.97 Å². The molecule has 0 saturated carbocycles. The van der Waals surface area contributed by atoms with Crippen LogP contribution in [0.15, 0.2) is 28.7 Å². The molecule has 0 spiro atoms. The summed E-state index contributed by atoms with van der Waals surface area (Å²) in [7, 11) is 0. The number of nitrogens with one attached hydrogen (secondary N) is 2. The van der Waals surface area contributed by atoms with Crippen LogP contribution in [0.1, 0.15) is 12.8 Å². The van der Waals surface area contributed by atoms with E-state index >= 15 is 0 Å². The minimum atomic E-state index is -0.654. The molecule has 130 valence electrons. The lowest BCUT2D eigenvalue weighted by atomic mass is 10.2. The second-order valence-corrected chi connectivity index (χ2v) is 5.86. The quantitative estimate of drug-likeness (QED) is 0.538. The molecule has 1 fully saturated rings. The van der Waals surface area contributed by atoms with Crippen molar-refractivity contribution in [3.05, 3.63) is 28.7 Å². The molecule has 2 N–H and O–H groups in total. The molecule has 0 radical (unpaired) electrons. The Morgan fingerprint density at radius 3 is 2.42 bits per heavy atom. The molecule has 0 bridgehead atoms. The number of amides is 2. The van der Waals surface area contributed by atoms with Crippen LogP contribution in [-0.2, 0) is 23.9 Å². The summed E-state index contributed by atoms with van der Waals surface area (Å²) < 4.78 is 16.1. The third-order valence-electron chi connectivity index (χ3n) is 3.06. The Kier molecular flexibility index (Phi) is 7.01. The average Bonchev–Trinajstić information content (AvgIpc) is 3.12. The predicted molar refractivity (Wildman–Crippen MR) is 85.9 cm³/mol. The molecule has 1 heterocycles. The van der Waals surface area contributed by atoms with Gasteiger partial charge in [0.2, 0.25) is 0 Å². The highest BCUT2D eigenvalue weighted by Gasteiger charge is 2.25. The Morgan fingerprint density at radius 1 is 1.12 bits per heavy atom. The van der Waals surface area contributed by atoms with Crippen LogP contribution in [0.2, 0.25) is 0 Å². The molecule has 1 atom stereocenters. The number of esters is 1. The summed E-state index contributed by atoms with van der Waals surface area (Å²) in [6.45, 7) is -0.245. The van der Waals surface area contributed by atoms with Gasteiger partial charge in [0, 0.05) is 11.1 Å². The van der Waals surface area contributed by atoms with Gasteiger partial charge in [-0.3, -0.25) is 20.4 Å². The molecule has 8 nitrogen and oxygen atoms in total. The molecular formula is C15H17BrN2O6.